The highest BCUT2D eigenvalue weighted by molar-refractivity contribution is 14.0. The topological polar surface area (TPSA) is 85.6 Å². The minimum Gasteiger partial charge on any atom is -0.496 e. The fraction of sp³-hybridized carbons (Fsp3) is 0.550. The predicted octanol–water partition coefficient (Wildman–Crippen LogP) is 2.20. The van der Waals surface area contributed by atoms with E-state index < -0.39 is 0 Å². The van der Waals surface area contributed by atoms with Crippen LogP contribution in [0.25, 0.3) is 0 Å². The number of benzene rings is 1. The summed E-state index contributed by atoms with van der Waals surface area (Å²) < 4.78 is 12.6. The molecule has 1 aromatic carbocycles. The lowest BCUT2D eigenvalue weighted by atomic mass is 10.1. The van der Waals surface area contributed by atoms with Gasteiger partial charge in [0.05, 0.1) is 20.3 Å². The number of guanidine groups is 1. The van der Waals surface area contributed by atoms with Gasteiger partial charge in [0.1, 0.15) is 17.9 Å². The van der Waals surface area contributed by atoms with E-state index in [9.17, 15) is 0 Å². The summed E-state index contributed by atoms with van der Waals surface area (Å²) in [7, 11) is 3.38. The van der Waals surface area contributed by atoms with Crippen LogP contribution in [0.15, 0.2) is 29.5 Å². The first-order valence-electron chi connectivity index (χ1n) is 9.69. The van der Waals surface area contributed by atoms with E-state index >= 15 is 0 Å². The summed E-state index contributed by atoms with van der Waals surface area (Å²) in [6.45, 7) is 7.63. The van der Waals surface area contributed by atoms with E-state index in [4.69, 9.17) is 9.47 Å². The number of aliphatic imine (C=N–C) groups is 1. The zero-order valence-electron chi connectivity index (χ0n) is 17.8. The molecule has 162 valence electrons. The van der Waals surface area contributed by atoms with Crippen molar-refractivity contribution in [3.05, 3.63) is 41.5 Å². The number of hydrogen-bond donors (Lipinski definition) is 2. The molecule has 0 atom stereocenters. The van der Waals surface area contributed by atoms with Crippen molar-refractivity contribution < 1.29 is 9.47 Å². The summed E-state index contributed by atoms with van der Waals surface area (Å²) in [5.41, 5.74) is 2.41. The van der Waals surface area contributed by atoms with E-state index in [1.165, 1.54) is 11.1 Å². The Morgan fingerprint density at radius 3 is 2.72 bits per heavy atom. The maximum atomic E-state index is 5.46. The Morgan fingerprint density at radius 2 is 2.00 bits per heavy atom. The Balaban J connectivity index is 0.00000420. The lowest BCUT2D eigenvalue weighted by molar-refractivity contribution is 0.208. The van der Waals surface area contributed by atoms with E-state index in [0.29, 0.717) is 13.2 Å². The van der Waals surface area contributed by atoms with Gasteiger partial charge in [0.15, 0.2) is 5.96 Å². The molecule has 2 aromatic rings. The zero-order valence-corrected chi connectivity index (χ0v) is 20.1. The summed E-state index contributed by atoms with van der Waals surface area (Å²) in [5.74, 6) is 2.67. The molecule has 0 saturated heterocycles. The molecular weight excluding hydrogens is 483 g/mol. The van der Waals surface area contributed by atoms with Gasteiger partial charge < -0.3 is 24.7 Å². The van der Waals surface area contributed by atoms with Gasteiger partial charge in [-0.15, -0.1) is 34.2 Å². The third kappa shape index (κ3) is 8.57. The van der Waals surface area contributed by atoms with E-state index in [1.54, 1.807) is 20.5 Å². The van der Waals surface area contributed by atoms with Gasteiger partial charge in [0, 0.05) is 33.2 Å². The Morgan fingerprint density at radius 1 is 1.21 bits per heavy atom. The minimum absolute atomic E-state index is 0. The highest BCUT2D eigenvalue weighted by Crippen LogP contribution is 2.19. The Bertz CT molecular complexity index is 750. The van der Waals surface area contributed by atoms with Crippen LogP contribution in [-0.2, 0) is 24.1 Å². The van der Waals surface area contributed by atoms with Crippen molar-refractivity contribution in [3.8, 4) is 5.75 Å². The molecular formula is C20H33IN6O2. The lowest BCUT2D eigenvalue weighted by Crippen LogP contribution is -2.40. The molecule has 1 aromatic heterocycles. The molecule has 0 bridgehead atoms. The molecule has 0 aliphatic carbocycles. The fourth-order valence-electron chi connectivity index (χ4n) is 2.88. The maximum Gasteiger partial charge on any atom is 0.191 e. The zero-order chi connectivity index (χ0) is 20.2. The van der Waals surface area contributed by atoms with Crippen molar-refractivity contribution in [2.24, 2.45) is 4.99 Å². The van der Waals surface area contributed by atoms with E-state index in [-0.39, 0.29) is 24.0 Å². The largest absolute Gasteiger partial charge is 0.496 e. The van der Waals surface area contributed by atoms with Crippen molar-refractivity contribution in [3.63, 3.8) is 0 Å². The standard InChI is InChI=1S/C20H32N6O2.HI/c1-5-19-25-24-15-26(19)12-10-22-20(23-11-13-27-3)21-9-8-17-14-16(2)6-7-18(17)28-4;/h6-7,14-15H,5,8-13H2,1-4H3,(H2,21,22,23);1H. The number of methoxy groups -OCH3 is 2. The van der Waals surface area contributed by atoms with Crippen molar-refractivity contribution >= 4 is 29.9 Å². The number of halogens is 1. The van der Waals surface area contributed by atoms with Gasteiger partial charge in [-0.05, 0) is 25.0 Å². The van der Waals surface area contributed by atoms with E-state index in [0.717, 1.165) is 50.0 Å². The van der Waals surface area contributed by atoms with Gasteiger partial charge >= 0.3 is 0 Å². The average Bonchev–Trinajstić information content (AvgIpc) is 3.15. The van der Waals surface area contributed by atoms with Crippen LogP contribution in [0.3, 0.4) is 0 Å². The van der Waals surface area contributed by atoms with Crippen molar-refractivity contribution in [1.29, 1.82) is 0 Å². The normalized spacial score (nSPS) is 11.1. The Hall–Kier alpha value is -1.88. The van der Waals surface area contributed by atoms with Gasteiger partial charge in [0.25, 0.3) is 0 Å². The van der Waals surface area contributed by atoms with Gasteiger partial charge in [-0.3, -0.25) is 4.99 Å². The third-order valence-corrected chi connectivity index (χ3v) is 4.35. The molecule has 0 aliphatic heterocycles. The molecule has 8 nitrogen and oxygen atoms in total. The molecule has 29 heavy (non-hydrogen) atoms. The van der Waals surface area contributed by atoms with Crippen molar-refractivity contribution in [2.75, 3.05) is 40.5 Å². The predicted molar refractivity (Wildman–Crippen MR) is 126 cm³/mol. The van der Waals surface area contributed by atoms with Gasteiger partial charge in [0.2, 0.25) is 0 Å². The number of nitrogens with one attached hydrogen (secondary N) is 2. The van der Waals surface area contributed by atoms with Crippen molar-refractivity contribution in [2.45, 2.75) is 33.2 Å². The molecule has 9 heteroatoms. The van der Waals surface area contributed by atoms with Crippen LogP contribution < -0.4 is 15.4 Å². The van der Waals surface area contributed by atoms with E-state index in [1.807, 2.05) is 6.07 Å². The second kappa shape index (κ2) is 14.2. The number of rotatable bonds is 11. The van der Waals surface area contributed by atoms with Crippen LogP contribution in [0.2, 0.25) is 0 Å². The third-order valence-electron chi connectivity index (χ3n) is 4.35. The molecule has 2 rings (SSSR count). The van der Waals surface area contributed by atoms with Crippen LogP contribution in [0, 0.1) is 6.92 Å². The second-order valence-electron chi connectivity index (χ2n) is 6.44. The quantitative estimate of drug-likeness (QED) is 0.206. The molecule has 0 unspecified atom stereocenters. The molecule has 0 spiro atoms. The monoisotopic (exact) mass is 516 g/mol. The average molecular weight is 516 g/mol. The fourth-order valence-corrected chi connectivity index (χ4v) is 2.88. The van der Waals surface area contributed by atoms with E-state index in [2.05, 4.69) is 56.4 Å². The molecule has 0 aliphatic rings. The van der Waals surface area contributed by atoms with Crippen LogP contribution in [0.5, 0.6) is 5.75 Å². The highest BCUT2D eigenvalue weighted by atomic mass is 127. The van der Waals surface area contributed by atoms with Gasteiger partial charge in [-0.25, -0.2) is 0 Å². The van der Waals surface area contributed by atoms with Gasteiger partial charge in [-0.2, -0.15) is 0 Å². The number of hydrogen-bond acceptors (Lipinski definition) is 5. The Kier molecular flexibility index (Phi) is 12.3. The summed E-state index contributed by atoms with van der Waals surface area (Å²) in [4.78, 5) is 4.56. The summed E-state index contributed by atoms with van der Waals surface area (Å²) in [6.07, 6.45) is 3.48. The second-order valence-corrected chi connectivity index (χ2v) is 6.44. The SMILES string of the molecule is CCc1nncn1CCNC(=NCCOC)NCCc1cc(C)ccc1OC.I. The maximum absolute atomic E-state index is 5.46. The van der Waals surface area contributed by atoms with Crippen LogP contribution in [0.4, 0.5) is 0 Å². The molecule has 0 radical (unpaired) electrons. The smallest absolute Gasteiger partial charge is 0.191 e. The van der Waals surface area contributed by atoms with Crippen LogP contribution >= 0.6 is 24.0 Å². The first-order valence-corrected chi connectivity index (χ1v) is 9.69. The molecule has 0 amide bonds. The van der Waals surface area contributed by atoms with Crippen LogP contribution in [-0.4, -0.2) is 61.2 Å². The molecule has 0 saturated carbocycles. The van der Waals surface area contributed by atoms with Crippen molar-refractivity contribution in [1.82, 2.24) is 25.4 Å². The number of nitrogens with zero attached hydrogens (tertiary/aromatic N) is 4. The number of ether oxygens (including phenoxy) is 2. The highest BCUT2D eigenvalue weighted by Gasteiger charge is 2.05. The molecule has 2 N–H and O–H groups in total. The minimum atomic E-state index is 0. The first-order chi connectivity index (χ1) is 13.7. The molecule has 0 fully saturated rings. The Labute approximate surface area is 190 Å². The van der Waals surface area contributed by atoms with Crippen LogP contribution in [0.1, 0.15) is 23.9 Å². The lowest BCUT2D eigenvalue weighted by Gasteiger charge is -2.14. The number of aryl methyl sites for hydroxylation is 2. The van der Waals surface area contributed by atoms with Gasteiger partial charge in [-0.1, -0.05) is 24.6 Å². The molecule has 1 heterocycles. The summed E-state index contributed by atoms with van der Waals surface area (Å²) in [5, 5.41) is 14.8. The first kappa shape index (κ1) is 25.2. The number of aromatic nitrogens is 3. The summed E-state index contributed by atoms with van der Waals surface area (Å²) >= 11 is 0. The summed E-state index contributed by atoms with van der Waals surface area (Å²) in [6, 6.07) is 6.24.